The molecule has 3 aliphatic heterocycles. The predicted molar refractivity (Wildman–Crippen MR) is 138 cm³/mol. The maximum absolute atomic E-state index is 12.5. The number of carbonyl (C=O) groups excluding carboxylic acids is 4. The third-order valence-corrected chi connectivity index (χ3v) is 8.45. The van der Waals surface area contributed by atoms with E-state index in [1.807, 2.05) is 30.3 Å². The number of alkyl carbamates (subject to hydrolysis) is 1. The first kappa shape index (κ1) is 25.6. The van der Waals surface area contributed by atoms with Gasteiger partial charge in [-0.1, -0.05) is 12.1 Å². The van der Waals surface area contributed by atoms with Crippen molar-refractivity contribution in [1.82, 2.24) is 15.2 Å². The fourth-order valence-electron chi connectivity index (χ4n) is 6.39. The van der Waals surface area contributed by atoms with Gasteiger partial charge in [0.2, 0.25) is 0 Å². The number of benzene rings is 1. The van der Waals surface area contributed by atoms with Gasteiger partial charge in [0.15, 0.2) is 6.61 Å². The van der Waals surface area contributed by atoms with Gasteiger partial charge in [-0.05, 0) is 35.7 Å². The molecule has 12 heteroatoms. The van der Waals surface area contributed by atoms with Crippen molar-refractivity contribution in [2.45, 2.75) is 30.9 Å². The van der Waals surface area contributed by atoms with E-state index in [2.05, 4.69) is 21.1 Å². The molecule has 206 valence electrons. The third kappa shape index (κ3) is 4.00. The number of anilines is 1. The molecular formula is C28H27N5O7. The Labute approximate surface area is 229 Å². The van der Waals surface area contributed by atoms with Crippen molar-refractivity contribution in [2.24, 2.45) is 11.8 Å². The molecule has 3 unspecified atom stereocenters. The molecule has 4 atom stereocenters. The first-order chi connectivity index (χ1) is 19.3. The SMILES string of the molecule is COC(=O)NCC1OC(=O)N2c3ccc(-c4ccc(C5(C#N)C6CN(C(=O)COC(C)=O)CC65)nc4)cc3C[C@@H]12. The Bertz CT molecular complexity index is 1440. The van der Waals surface area contributed by atoms with Crippen LogP contribution in [-0.2, 0) is 35.6 Å². The van der Waals surface area contributed by atoms with Crippen molar-refractivity contribution in [3.63, 3.8) is 0 Å². The molecule has 0 bridgehead atoms. The van der Waals surface area contributed by atoms with Gasteiger partial charge in [0.05, 0.1) is 37.1 Å². The summed E-state index contributed by atoms with van der Waals surface area (Å²) in [6.45, 7) is 2.00. The summed E-state index contributed by atoms with van der Waals surface area (Å²) in [5, 5.41) is 12.7. The second kappa shape index (κ2) is 9.51. The van der Waals surface area contributed by atoms with Crippen molar-refractivity contribution in [2.75, 3.05) is 38.3 Å². The van der Waals surface area contributed by atoms with Crippen LogP contribution >= 0.6 is 0 Å². The van der Waals surface area contributed by atoms with Gasteiger partial charge in [-0.25, -0.2) is 9.59 Å². The molecular weight excluding hydrogens is 518 g/mol. The molecule has 6 rings (SSSR count). The number of nitrogens with one attached hydrogen (secondary N) is 1. The highest BCUT2D eigenvalue weighted by molar-refractivity contribution is 5.94. The third-order valence-electron chi connectivity index (χ3n) is 8.45. The summed E-state index contributed by atoms with van der Waals surface area (Å²) in [6.07, 6.45) is 0.823. The lowest BCUT2D eigenvalue weighted by atomic mass is 9.95. The molecule has 1 saturated carbocycles. The summed E-state index contributed by atoms with van der Waals surface area (Å²) in [4.78, 5) is 55.3. The van der Waals surface area contributed by atoms with Crippen LogP contribution in [0.25, 0.3) is 11.1 Å². The molecule has 2 aromatic rings. The van der Waals surface area contributed by atoms with Crippen LogP contribution in [0.2, 0.25) is 0 Å². The molecule has 1 aromatic heterocycles. The number of cyclic esters (lactones) is 1. The van der Waals surface area contributed by atoms with Crippen molar-refractivity contribution in [3.8, 4) is 17.2 Å². The van der Waals surface area contributed by atoms with Crippen LogP contribution in [0, 0.1) is 23.2 Å². The number of hydrogen-bond acceptors (Lipinski definition) is 9. The summed E-state index contributed by atoms with van der Waals surface area (Å²) in [6, 6.07) is 11.9. The van der Waals surface area contributed by atoms with Crippen LogP contribution in [0.15, 0.2) is 36.5 Å². The van der Waals surface area contributed by atoms with E-state index in [4.69, 9.17) is 9.47 Å². The number of pyridine rings is 1. The topological polar surface area (TPSA) is 151 Å². The molecule has 0 spiro atoms. The first-order valence-electron chi connectivity index (χ1n) is 13.0. The number of esters is 1. The monoisotopic (exact) mass is 545 g/mol. The highest BCUT2D eigenvalue weighted by Crippen LogP contribution is 2.62. The number of likely N-dealkylation sites (tertiary alicyclic amines) is 1. The lowest BCUT2D eigenvalue weighted by molar-refractivity contribution is -0.150. The molecule has 0 radical (unpaired) electrons. The van der Waals surface area contributed by atoms with E-state index in [0.29, 0.717) is 25.2 Å². The van der Waals surface area contributed by atoms with Gasteiger partial charge in [-0.2, -0.15) is 5.26 Å². The molecule has 1 N–H and O–H groups in total. The summed E-state index contributed by atoms with van der Waals surface area (Å²) < 4.78 is 14.9. The van der Waals surface area contributed by atoms with Gasteiger partial charge in [0, 0.05) is 43.6 Å². The largest absolute Gasteiger partial charge is 0.456 e. The summed E-state index contributed by atoms with van der Waals surface area (Å²) >= 11 is 0. The minimum absolute atomic E-state index is 0.00745. The smallest absolute Gasteiger partial charge is 0.415 e. The molecule has 1 aromatic carbocycles. The van der Waals surface area contributed by atoms with Crippen LogP contribution < -0.4 is 10.2 Å². The number of rotatable bonds is 6. The van der Waals surface area contributed by atoms with Crippen molar-refractivity contribution < 1.29 is 33.4 Å². The van der Waals surface area contributed by atoms with E-state index in [0.717, 1.165) is 22.4 Å². The number of amides is 3. The van der Waals surface area contributed by atoms with Crippen LogP contribution in [0.1, 0.15) is 18.2 Å². The number of ether oxygens (including phenoxy) is 3. The van der Waals surface area contributed by atoms with Crippen LogP contribution in [0.3, 0.4) is 0 Å². The van der Waals surface area contributed by atoms with Crippen molar-refractivity contribution in [3.05, 3.63) is 47.8 Å². The minimum atomic E-state index is -0.729. The first-order valence-corrected chi connectivity index (χ1v) is 13.0. The molecule has 12 nitrogen and oxygen atoms in total. The standard InChI is InChI=1S/C28H27N5O7/c1-15(34)39-13-25(35)32-11-19-20(12-32)28(19,14-29)24-6-4-17(9-30-24)16-3-5-21-18(7-16)8-22-23(10-31-26(36)38-2)40-27(37)33(21)22/h3-7,9,19-20,22-23H,8,10-13H2,1-2H3,(H,31,36)/t19?,20?,22-,23?,28?/m0/s1. The number of methoxy groups -OCH3 is 1. The molecule has 2 saturated heterocycles. The molecule has 3 amide bonds. The van der Waals surface area contributed by atoms with Gasteiger partial charge in [0.1, 0.15) is 11.5 Å². The highest BCUT2D eigenvalue weighted by atomic mass is 16.6. The highest BCUT2D eigenvalue weighted by Gasteiger charge is 2.71. The van der Waals surface area contributed by atoms with E-state index >= 15 is 0 Å². The van der Waals surface area contributed by atoms with Gasteiger partial charge < -0.3 is 24.4 Å². The maximum atomic E-state index is 12.5. The van der Waals surface area contributed by atoms with Crippen molar-refractivity contribution in [1.29, 1.82) is 5.26 Å². The van der Waals surface area contributed by atoms with E-state index < -0.39 is 29.7 Å². The number of aromatic nitrogens is 1. The Balaban J connectivity index is 1.14. The van der Waals surface area contributed by atoms with E-state index in [-0.39, 0.29) is 36.9 Å². The minimum Gasteiger partial charge on any atom is -0.456 e. The second-order valence-corrected chi connectivity index (χ2v) is 10.5. The zero-order valence-corrected chi connectivity index (χ0v) is 22.0. The fraction of sp³-hybridized carbons (Fsp3) is 0.429. The average Bonchev–Trinajstić information content (AvgIpc) is 3.32. The quantitative estimate of drug-likeness (QED) is 0.423. The summed E-state index contributed by atoms with van der Waals surface area (Å²) in [7, 11) is 1.28. The number of carbonyl (C=O) groups is 4. The number of piperidine rings is 1. The summed E-state index contributed by atoms with van der Waals surface area (Å²) in [5.74, 6) is -0.774. The van der Waals surface area contributed by atoms with Crippen molar-refractivity contribution >= 4 is 29.8 Å². The Kier molecular flexibility index (Phi) is 6.09. The number of fused-ring (bicyclic) bond motifs is 4. The van der Waals surface area contributed by atoms with Crippen LogP contribution in [0.4, 0.5) is 15.3 Å². The number of nitrogens with zero attached hydrogens (tertiary/aromatic N) is 4. The number of hydrogen-bond donors (Lipinski definition) is 1. The molecule has 4 aliphatic rings. The zero-order chi connectivity index (χ0) is 28.2. The summed E-state index contributed by atoms with van der Waals surface area (Å²) in [5.41, 5.74) is 3.54. The van der Waals surface area contributed by atoms with E-state index in [1.54, 1.807) is 16.0 Å². The Morgan fingerprint density at radius 1 is 1.20 bits per heavy atom. The predicted octanol–water partition coefficient (Wildman–Crippen LogP) is 1.77. The molecule has 3 fully saturated rings. The lowest BCUT2D eigenvalue weighted by Crippen LogP contribution is -2.40. The van der Waals surface area contributed by atoms with Gasteiger partial charge in [0.25, 0.3) is 5.91 Å². The van der Waals surface area contributed by atoms with Crippen LogP contribution in [0.5, 0.6) is 0 Å². The van der Waals surface area contributed by atoms with E-state index in [1.165, 1.54) is 14.0 Å². The van der Waals surface area contributed by atoms with Gasteiger partial charge in [-0.3, -0.25) is 19.5 Å². The van der Waals surface area contributed by atoms with Gasteiger partial charge in [-0.15, -0.1) is 0 Å². The Morgan fingerprint density at radius 3 is 2.60 bits per heavy atom. The molecule has 1 aliphatic carbocycles. The van der Waals surface area contributed by atoms with Gasteiger partial charge >= 0.3 is 18.2 Å². The maximum Gasteiger partial charge on any atom is 0.415 e. The lowest BCUT2D eigenvalue weighted by Gasteiger charge is -2.22. The molecule has 40 heavy (non-hydrogen) atoms. The normalized spacial score (nSPS) is 27.2. The molecule has 4 heterocycles. The second-order valence-electron chi connectivity index (χ2n) is 10.5. The average molecular weight is 546 g/mol. The van der Waals surface area contributed by atoms with E-state index in [9.17, 15) is 24.4 Å². The fourth-order valence-corrected chi connectivity index (χ4v) is 6.39. The Morgan fingerprint density at radius 2 is 1.95 bits per heavy atom. The van der Waals surface area contributed by atoms with Crippen LogP contribution in [-0.4, -0.2) is 79.4 Å². The Hall–Kier alpha value is -4.66. The zero-order valence-electron chi connectivity index (χ0n) is 22.0. The number of nitriles is 1.